The molecule has 0 amide bonds. The van der Waals surface area contributed by atoms with Crippen molar-refractivity contribution in [3.05, 3.63) is 52.9 Å². The molecule has 0 aliphatic carbocycles. The fourth-order valence-electron chi connectivity index (χ4n) is 1.94. The molecule has 17 heavy (non-hydrogen) atoms. The second-order valence-electron chi connectivity index (χ2n) is 3.79. The smallest absolute Gasteiger partial charge is 0.108 e. The minimum Gasteiger partial charge on any atom is -0.240 e. The summed E-state index contributed by atoms with van der Waals surface area (Å²) in [5.41, 5.74) is 2.19. The van der Waals surface area contributed by atoms with Gasteiger partial charge < -0.3 is 0 Å². The summed E-state index contributed by atoms with van der Waals surface area (Å²) in [5, 5.41) is 5.51. The highest BCUT2D eigenvalue weighted by Gasteiger charge is 2.06. The summed E-state index contributed by atoms with van der Waals surface area (Å²) in [7, 11) is 0. The highest BCUT2D eigenvalue weighted by molar-refractivity contribution is 7.10. The van der Waals surface area contributed by atoms with E-state index in [1.165, 1.54) is 16.3 Å². The lowest BCUT2D eigenvalue weighted by molar-refractivity contribution is 1.27. The van der Waals surface area contributed by atoms with E-state index in [-0.39, 0.29) is 0 Å². The van der Waals surface area contributed by atoms with Crippen molar-refractivity contribution in [2.24, 2.45) is 0 Å². The summed E-state index contributed by atoms with van der Waals surface area (Å²) in [6, 6.07) is 14.6. The zero-order valence-electron chi connectivity index (χ0n) is 9.06. The van der Waals surface area contributed by atoms with Gasteiger partial charge in [0.05, 0.1) is 11.6 Å². The zero-order chi connectivity index (χ0) is 11.7. The molecule has 1 aromatic heterocycles. The Balaban J connectivity index is 2.23. The molecule has 3 rings (SSSR count). The van der Waals surface area contributed by atoms with E-state index in [1.807, 2.05) is 0 Å². The number of alkyl halides is 1. The third-order valence-corrected chi connectivity index (χ3v) is 3.99. The fourth-order valence-corrected chi connectivity index (χ4v) is 2.83. The Bertz CT molecular complexity index is 655. The summed E-state index contributed by atoms with van der Waals surface area (Å²) < 4.78 is 0. The molecule has 1 heterocycles. The molecule has 0 atom stereocenters. The van der Waals surface area contributed by atoms with Crippen LogP contribution in [0.15, 0.2) is 47.8 Å². The highest BCUT2D eigenvalue weighted by atomic mass is 35.5. The minimum absolute atomic E-state index is 0.482. The van der Waals surface area contributed by atoms with Gasteiger partial charge in [0.15, 0.2) is 0 Å². The van der Waals surface area contributed by atoms with Gasteiger partial charge in [0.1, 0.15) is 5.01 Å². The van der Waals surface area contributed by atoms with Gasteiger partial charge in [-0.1, -0.05) is 42.5 Å². The molecule has 0 spiro atoms. The third kappa shape index (κ3) is 1.94. The molecule has 3 aromatic rings. The van der Waals surface area contributed by atoms with E-state index in [4.69, 9.17) is 11.6 Å². The van der Waals surface area contributed by atoms with E-state index in [2.05, 4.69) is 52.8 Å². The van der Waals surface area contributed by atoms with Crippen molar-refractivity contribution in [2.75, 3.05) is 0 Å². The molecular weight excluding hydrogens is 250 g/mol. The van der Waals surface area contributed by atoms with Gasteiger partial charge in [-0.25, -0.2) is 4.98 Å². The molecule has 0 unspecified atom stereocenters. The predicted octanol–water partition coefficient (Wildman–Crippen LogP) is 4.70. The SMILES string of the molecule is ClCc1nc(-c2cccc3ccccc23)cs1. The third-order valence-electron chi connectivity index (χ3n) is 2.73. The van der Waals surface area contributed by atoms with Crippen LogP contribution in [0.25, 0.3) is 22.0 Å². The van der Waals surface area contributed by atoms with Crippen molar-refractivity contribution in [3.63, 3.8) is 0 Å². The van der Waals surface area contributed by atoms with Crippen molar-refractivity contribution < 1.29 is 0 Å². The number of hydrogen-bond acceptors (Lipinski definition) is 2. The Morgan fingerprint density at radius 1 is 1.06 bits per heavy atom. The number of benzene rings is 2. The average molecular weight is 260 g/mol. The first kappa shape index (κ1) is 10.8. The summed E-state index contributed by atoms with van der Waals surface area (Å²) >= 11 is 7.40. The van der Waals surface area contributed by atoms with Crippen molar-refractivity contribution in [1.82, 2.24) is 4.98 Å². The number of halogens is 1. The van der Waals surface area contributed by atoms with Crippen LogP contribution in [-0.4, -0.2) is 4.98 Å². The monoisotopic (exact) mass is 259 g/mol. The first-order valence-electron chi connectivity index (χ1n) is 5.37. The Hall–Kier alpha value is -1.38. The maximum Gasteiger partial charge on any atom is 0.108 e. The molecule has 0 fully saturated rings. The van der Waals surface area contributed by atoms with Crippen molar-refractivity contribution in [3.8, 4) is 11.3 Å². The average Bonchev–Trinajstić information content (AvgIpc) is 2.87. The molecule has 2 aromatic carbocycles. The van der Waals surface area contributed by atoms with E-state index >= 15 is 0 Å². The first-order chi connectivity index (χ1) is 8.38. The van der Waals surface area contributed by atoms with E-state index in [0.29, 0.717) is 5.88 Å². The number of rotatable bonds is 2. The number of fused-ring (bicyclic) bond motifs is 1. The Morgan fingerprint density at radius 3 is 2.71 bits per heavy atom. The summed E-state index contributed by atoms with van der Waals surface area (Å²) in [4.78, 5) is 4.54. The van der Waals surface area contributed by atoms with Gasteiger partial charge in [0.2, 0.25) is 0 Å². The van der Waals surface area contributed by atoms with Crippen LogP contribution in [0.4, 0.5) is 0 Å². The van der Waals surface area contributed by atoms with Crippen LogP contribution in [0, 0.1) is 0 Å². The van der Waals surface area contributed by atoms with Crippen molar-refractivity contribution in [2.45, 2.75) is 5.88 Å². The summed E-state index contributed by atoms with van der Waals surface area (Å²) in [5.74, 6) is 0.482. The molecule has 0 aliphatic heterocycles. The molecule has 84 valence electrons. The largest absolute Gasteiger partial charge is 0.240 e. The minimum atomic E-state index is 0.482. The fraction of sp³-hybridized carbons (Fsp3) is 0.0714. The number of hydrogen-bond donors (Lipinski definition) is 0. The molecule has 0 bridgehead atoms. The second-order valence-corrected chi connectivity index (χ2v) is 5.00. The number of aromatic nitrogens is 1. The van der Waals surface area contributed by atoms with Crippen molar-refractivity contribution in [1.29, 1.82) is 0 Å². The van der Waals surface area contributed by atoms with Crippen LogP contribution in [-0.2, 0) is 5.88 Å². The molecule has 1 nitrogen and oxygen atoms in total. The van der Waals surface area contributed by atoms with Gasteiger partial charge in [0, 0.05) is 10.9 Å². The topological polar surface area (TPSA) is 12.9 Å². The molecule has 0 N–H and O–H groups in total. The summed E-state index contributed by atoms with van der Waals surface area (Å²) in [6.45, 7) is 0. The normalized spacial score (nSPS) is 10.9. The maximum absolute atomic E-state index is 5.79. The Labute approximate surface area is 109 Å². The Kier molecular flexibility index (Phi) is 2.83. The molecule has 3 heteroatoms. The van der Waals surface area contributed by atoms with Crippen LogP contribution in [0.3, 0.4) is 0 Å². The summed E-state index contributed by atoms with van der Waals surface area (Å²) in [6.07, 6.45) is 0. The maximum atomic E-state index is 5.79. The first-order valence-corrected chi connectivity index (χ1v) is 6.78. The predicted molar refractivity (Wildman–Crippen MR) is 74.6 cm³/mol. The van der Waals surface area contributed by atoms with Crippen LogP contribution < -0.4 is 0 Å². The lowest BCUT2D eigenvalue weighted by atomic mass is 10.0. The van der Waals surface area contributed by atoms with Gasteiger partial charge in [-0.15, -0.1) is 22.9 Å². The molecule has 0 aliphatic rings. The van der Waals surface area contributed by atoms with Gasteiger partial charge in [-0.05, 0) is 10.8 Å². The standard InChI is InChI=1S/C14H10ClNS/c15-8-14-16-13(9-17-14)12-7-3-5-10-4-1-2-6-11(10)12/h1-7,9H,8H2. The van der Waals surface area contributed by atoms with Gasteiger partial charge in [-0.3, -0.25) is 0 Å². The van der Waals surface area contributed by atoms with Crippen LogP contribution in [0.2, 0.25) is 0 Å². The molecule has 0 saturated heterocycles. The van der Waals surface area contributed by atoms with Gasteiger partial charge in [-0.2, -0.15) is 0 Å². The van der Waals surface area contributed by atoms with Gasteiger partial charge in [0.25, 0.3) is 0 Å². The second kappa shape index (κ2) is 4.47. The number of nitrogens with zero attached hydrogens (tertiary/aromatic N) is 1. The van der Waals surface area contributed by atoms with E-state index in [9.17, 15) is 0 Å². The van der Waals surface area contributed by atoms with E-state index in [0.717, 1.165) is 10.7 Å². The Morgan fingerprint density at radius 2 is 1.88 bits per heavy atom. The molecular formula is C14H10ClNS. The van der Waals surface area contributed by atoms with Crippen LogP contribution >= 0.6 is 22.9 Å². The molecule has 0 radical (unpaired) electrons. The van der Waals surface area contributed by atoms with Crippen molar-refractivity contribution >= 4 is 33.7 Å². The zero-order valence-corrected chi connectivity index (χ0v) is 10.6. The quantitative estimate of drug-likeness (QED) is 0.608. The number of thiazole rings is 1. The highest BCUT2D eigenvalue weighted by Crippen LogP contribution is 2.29. The van der Waals surface area contributed by atoms with E-state index in [1.54, 1.807) is 11.3 Å². The van der Waals surface area contributed by atoms with Crippen LogP contribution in [0.5, 0.6) is 0 Å². The lowest BCUT2D eigenvalue weighted by Crippen LogP contribution is -1.82. The van der Waals surface area contributed by atoms with Gasteiger partial charge >= 0.3 is 0 Å². The van der Waals surface area contributed by atoms with E-state index < -0.39 is 0 Å². The lowest BCUT2D eigenvalue weighted by Gasteiger charge is -2.03. The van der Waals surface area contributed by atoms with Crippen LogP contribution in [0.1, 0.15) is 5.01 Å². The molecule has 0 saturated carbocycles.